The fraction of sp³-hybridized carbons (Fsp3) is 0.240. The SMILES string of the molecule is O=C1C2C3CC(CN3C(=O)c3ccccc3C(F)(F)F)N2C(=O)N1c1cccc2ccccc12. The van der Waals surface area contributed by atoms with Gasteiger partial charge >= 0.3 is 12.2 Å². The van der Waals surface area contributed by atoms with E-state index in [1.165, 1.54) is 21.9 Å². The van der Waals surface area contributed by atoms with E-state index in [-0.39, 0.29) is 6.54 Å². The first-order valence-electron chi connectivity index (χ1n) is 10.9. The van der Waals surface area contributed by atoms with E-state index < -0.39 is 53.3 Å². The fourth-order valence-electron chi connectivity index (χ4n) is 5.59. The van der Waals surface area contributed by atoms with Gasteiger partial charge < -0.3 is 9.80 Å². The Labute approximate surface area is 192 Å². The van der Waals surface area contributed by atoms with E-state index in [9.17, 15) is 27.6 Å². The van der Waals surface area contributed by atoms with E-state index in [0.717, 1.165) is 27.8 Å². The molecule has 6 rings (SSSR count). The van der Waals surface area contributed by atoms with E-state index >= 15 is 0 Å². The Morgan fingerprint density at radius 3 is 2.41 bits per heavy atom. The van der Waals surface area contributed by atoms with Crippen LogP contribution in [0.5, 0.6) is 0 Å². The number of fused-ring (bicyclic) bond motifs is 6. The Hall–Kier alpha value is -3.88. The van der Waals surface area contributed by atoms with Gasteiger partial charge in [0.05, 0.1) is 28.9 Å². The van der Waals surface area contributed by atoms with Crippen LogP contribution < -0.4 is 4.90 Å². The molecule has 9 heteroatoms. The first-order valence-corrected chi connectivity index (χ1v) is 10.9. The predicted molar refractivity (Wildman–Crippen MR) is 117 cm³/mol. The second-order valence-corrected chi connectivity index (χ2v) is 8.76. The van der Waals surface area contributed by atoms with Crippen molar-refractivity contribution >= 4 is 34.3 Å². The van der Waals surface area contributed by atoms with Gasteiger partial charge in [0, 0.05) is 11.9 Å². The van der Waals surface area contributed by atoms with Crippen LogP contribution in [-0.2, 0) is 11.0 Å². The summed E-state index contributed by atoms with van der Waals surface area (Å²) >= 11 is 0. The number of piperazine rings is 1. The molecule has 34 heavy (non-hydrogen) atoms. The Morgan fingerprint density at radius 1 is 0.912 bits per heavy atom. The molecule has 3 aromatic rings. The molecule has 3 saturated heterocycles. The molecule has 3 atom stereocenters. The van der Waals surface area contributed by atoms with Gasteiger partial charge in [-0.2, -0.15) is 13.2 Å². The van der Waals surface area contributed by atoms with Crippen molar-refractivity contribution in [3.05, 3.63) is 77.9 Å². The van der Waals surface area contributed by atoms with Gasteiger partial charge in [-0.1, -0.05) is 48.5 Å². The van der Waals surface area contributed by atoms with Crippen LogP contribution in [0.2, 0.25) is 0 Å². The summed E-state index contributed by atoms with van der Waals surface area (Å²) in [7, 11) is 0. The fourth-order valence-corrected chi connectivity index (χ4v) is 5.59. The maximum Gasteiger partial charge on any atom is 0.417 e. The molecule has 0 aliphatic carbocycles. The van der Waals surface area contributed by atoms with E-state index in [1.807, 2.05) is 30.3 Å². The summed E-state index contributed by atoms with van der Waals surface area (Å²) in [5.41, 5.74) is -0.996. The smallest absolute Gasteiger partial charge is 0.331 e. The zero-order valence-electron chi connectivity index (χ0n) is 17.7. The Kier molecular flexibility index (Phi) is 4.30. The number of benzene rings is 3. The number of alkyl halides is 3. The van der Waals surface area contributed by atoms with Crippen molar-refractivity contribution in [3.63, 3.8) is 0 Å². The topological polar surface area (TPSA) is 60.9 Å². The van der Waals surface area contributed by atoms with Crippen molar-refractivity contribution < 1.29 is 27.6 Å². The van der Waals surface area contributed by atoms with Crippen LogP contribution in [0.1, 0.15) is 22.3 Å². The normalized spacial score (nSPS) is 23.9. The number of nitrogens with zero attached hydrogens (tertiary/aromatic N) is 3. The molecule has 3 aliphatic rings. The minimum Gasteiger partial charge on any atom is -0.331 e. The number of imide groups is 1. The zero-order chi connectivity index (χ0) is 23.8. The Balaban J connectivity index is 1.35. The molecule has 3 aliphatic heterocycles. The van der Waals surface area contributed by atoms with Gasteiger partial charge in [-0.3, -0.25) is 9.59 Å². The maximum absolute atomic E-state index is 13.5. The number of rotatable bonds is 2. The monoisotopic (exact) mass is 465 g/mol. The number of likely N-dealkylation sites (tertiary alicyclic amines) is 1. The van der Waals surface area contributed by atoms with Gasteiger partial charge in [-0.15, -0.1) is 0 Å². The van der Waals surface area contributed by atoms with Crippen molar-refractivity contribution in [1.82, 2.24) is 9.80 Å². The highest BCUT2D eigenvalue weighted by molar-refractivity contribution is 6.25. The number of carbonyl (C=O) groups excluding carboxylic acids is 3. The first-order chi connectivity index (χ1) is 16.3. The first kappa shape index (κ1) is 20.7. The highest BCUT2D eigenvalue weighted by Gasteiger charge is 2.63. The molecule has 0 spiro atoms. The molecular formula is C25H18F3N3O3. The van der Waals surface area contributed by atoms with Crippen molar-refractivity contribution in [2.45, 2.75) is 30.7 Å². The number of halogens is 3. The second-order valence-electron chi connectivity index (χ2n) is 8.76. The summed E-state index contributed by atoms with van der Waals surface area (Å²) in [4.78, 5) is 44.0. The molecule has 6 nitrogen and oxygen atoms in total. The lowest BCUT2D eigenvalue weighted by atomic mass is 10.0. The summed E-state index contributed by atoms with van der Waals surface area (Å²) < 4.78 is 40.5. The number of carbonyl (C=O) groups is 3. The van der Waals surface area contributed by atoms with Crippen molar-refractivity contribution in [3.8, 4) is 0 Å². The highest BCUT2D eigenvalue weighted by Crippen LogP contribution is 2.44. The minimum absolute atomic E-state index is 0.0919. The zero-order valence-corrected chi connectivity index (χ0v) is 17.7. The van der Waals surface area contributed by atoms with Crippen molar-refractivity contribution in [2.75, 3.05) is 11.4 Å². The minimum atomic E-state index is -4.68. The molecule has 172 valence electrons. The Bertz CT molecular complexity index is 1370. The molecular weight excluding hydrogens is 447 g/mol. The van der Waals surface area contributed by atoms with Crippen LogP contribution in [0.3, 0.4) is 0 Å². The largest absolute Gasteiger partial charge is 0.417 e. The van der Waals surface area contributed by atoms with Crippen LogP contribution in [0.25, 0.3) is 10.8 Å². The third kappa shape index (κ3) is 2.79. The molecule has 4 amide bonds. The maximum atomic E-state index is 13.5. The van der Waals surface area contributed by atoms with Crippen LogP contribution >= 0.6 is 0 Å². The number of hydrogen-bond donors (Lipinski definition) is 0. The molecule has 3 heterocycles. The average Bonchev–Trinajstić information content (AvgIpc) is 3.49. The molecule has 3 unspecified atom stereocenters. The van der Waals surface area contributed by atoms with Crippen molar-refractivity contribution in [2.24, 2.45) is 0 Å². The van der Waals surface area contributed by atoms with Crippen LogP contribution in [0, 0.1) is 0 Å². The molecule has 2 bridgehead atoms. The lowest BCUT2D eigenvalue weighted by Crippen LogP contribution is -2.55. The lowest BCUT2D eigenvalue weighted by Gasteiger charge is -2.35. The summed E-state index contributed by atoms with van der Waals surface area (Å²) in [6.07, 6.45) is -4.31. The van der Waals surface area contributed by atoms with Crippen LogP contribution in [0.4, 0.5) is 23.7 Å². The lowest BCUT2D eigenvalue weighted by molar-refractivity contribution is -0.138. The third-order valence-corrected chi connectivity index (χ3v) is 7.00. The molecule has 0 N–H and O–H groups in total. The molecule has 0 radical (unpaired) electrons. The van der Waals surface area contributed by atoms with Crippen LogP contribution in [-0.4, -0.2) is 52.3 Å². The van der Waals surface area contributed by atoms with Crippen LogP contribution in [0.15, 0.2) is 66.7 Å². The van der Waals surface area contributed by atoms with E-state index in [1.54, 1.807) is 12.1 Å². The number of hydrogen-bond acceptors (Lipinski definition) is 3. The van der Waals surface area contributed by atoms with Gasteiger partial charge in [0.1, 0.15) is 6.04 Å². The third-order valence-electron chi connectivity index (χ3n) is 7.00. The number of anilines is 1. The van der Waals surface area contributed by atoms with Gasteiger partial charge in [-0.25, -0.2) is 9.69 Å². The van der Waals surface area contributed by atoms with Gasteiger partial charge in [0.2, 0.25) is 0 Å². The highest BCUT2D eigenvalue weighted by atomic mass is 19.4. The summed E-state index contributed by atoms with van der Waals surface area (Å²) in [6, 6.07) is 14.9. The summed E-state index contributed by atoms with van der Waals surface area (Å²) in [5.74, 6) is -1.24. The average molecular weight is 465 g/mol. The van der Waals surface area contributed by atoms with E-state index in [2.05, 4.69) is 0 Å². The van der Waals surface area contributed by atoms with Gasteiger partial charge in [0.25, 0.3) is 11.8 Å². The van der Waals surface area contributed by atoms with Gasteiger partial charge in [-0.05, 0) is 30.0 Å². The number of amides is 4. The quantitative estimate of drug-likeness (QED) is 0.531. The molecule has 3 aromatic carbocycles. The van der Waals surface area contributed by atoms with E-state index in [0.29, 0.717) is 12.1 Å². The predicted octanol–water partition coefficient (Wildman–Crippen LogP) is 4.29. The second kappa shape index (κ2) is 7.06. The standard InChI is InChI=1S/C25H18F3N3O3/c26-25(27,28)18-10-4-3-9-17(18)22(32)29-13-15-12-20(29)21-23(33)31(24(34)30(15)21)19-11-5-7-14-6-1-2-8-16(14)19/h1-11,15,20-21H,12-13H2. The molecule has 3 fully saturated rings. The van der Waals surface area contributed by atoms with Gasteiger partial charge in [0.15, 0.2) is 0 Å². The van der Waals surface area contributed by atoms with Crippen molar-refractivity contribution in [1.29, 1.82) is 0 Å². The number of urea groups is 1. The summed E-state index contributed by atoms with van der Waals surface area (Å²) in [5, 5.41) is 1.61. The van der Waals surface area contributed by atoms with E-state index in [4.69, 9.17) is 0 Å². The Morgan fingerprint density at radius 2 is 1.62 bits per heavy atom. The molecule has 0 saturated carbocycles. The summed E-state index contributed by atoms with van der Waals surface area (Å²) in [6.45, 7) is 0.0919. The molecule has 0 aromatic heterocycles.